The molecular formula is C26H19N3O7. The molecule has 3 aromatic rings. The Morgan fingerprint density at radius 2 is 1.67 bits per heavy atom. The Balaban J connectivity index is 1.48. The van der Waals surface area contributed by atoms with E-state index in [1.54, 1.807) is 36.4 Å². The number of benzene rings is 3. The zero-order chi connectivity index (χ0) is 25.7. The monoisotopic (exact) mass is 485 g/mol. The summed E-state index contributed by atoms with van der Waals surface area (Å²) in [5.74, 6) is -1.40. The van der Waals surface area contributed by atoms with Gasteiger partial charge in [0.25, 0.3) is 17.5 Å². The third-order valence-electron chi connectivity index (χ3n) is 5.13. The van der Waals surface area contributed by atoms with Crippen molar-refractivity contribution in [1.29, 1.82) is 0 Å². The molecule has 0 unspecified atom stereocenters. The van der Waals surface area contributed by atoms with Gasteiger partial charge >= 0.3 is 5.97 Å². The lowest BCUT2D eigenvalue weighted by molar-refractivity contribution is -0.384. The van der Waals surface area contributed by atoms with E-state index in [1.165, 1.54) is 66.7 Å². The van der Waals surface area contributed by atoms with Crippen molar-refractivity contribution in [2.75, 3.05) is 12.1 Å². The number of nitrogens with one attached hydrogen (secondary N) is 1. The van der Waals surface area contributed by atoms with E-state index in [1.807, 2.05) is 0 Å². The summed E-state index contributed by atoms with van der Waals surface area (Å²) in [6.45, 7) is 0. The number of hydrazine groups is 1. The molecule has 2 amide bonds. The van der Waals surface area contributed by atoms with Crippen molar-refractivity contribution in [3.05, 3.63) is 106 Å². The molecule has 10 heteroatoms. The average molecular weight is 485 g/mol. The summed E-state index contributed by atoms with van der Waals surface area (Å²) in [5, 5.41) is 11.9. The number of non-ortho nitro benzene ring substituents is 1. The van der Waals surface area contributed by atoms with Crippen LogP contribution in [-0.4, -0.2) is 29.8 Å². The molecule has 0 aromatic heterocycles. The number of ether oxygens (including phenoxy) is 2. The van der Waals surface area contributed by atoms with E-state index < -0.39 is 22.7 Å². The first kappa shape index (κ1) is 23.9. The van der Waals surface area contributed by atoms with E-state index in [0.29, 0.717) is 16.8 Å². The molecule has 1 N–H and O–H groups in total. The molecule has 0 aliphatic carbocycles. The summed E-state index contributed by atoms with van der Waals surface area (Å²) in [7, 11) is 1.39. The molecule has 0 spiro atoms. The van der Waals surface area contributed by atoms with Gasteiger partial charge in [0.15, 0.2) is 11.5 Å². The highest BCUT2D eigenvalue weighted by Gasteiger charge is 2.34. The number of rotatable bonds is 7. The second-order valence-electron chi connectivity index (χ2n) is 7.49. The van der Waals surface area contributed by atoms with Crippen molar-refractivity contribution in [2.24, 2.45) is 0 Å². The summed E-state index contributed by atoms with van der Waals surface area (Å²) in [6.07, 6.45) is 4.06. The third kappa shape index (κ3) is 5.28. The first-order chi connectivity index (χ1) is 17.4. The standard InChI is InChI=1S/C26H19N3O7/c1-35-23-16-18(15-21-25(31)27-28(26(21)32)19-5-3-2-4-6-19)9-13-22(23)36-24(30)14-10-17-7-11-20(12-8-17)29(33)34/h2-16H,1H3,(H,27,31)/b14-10+,21-15-. The Labute approximate surface area is 205 Å². The predicted molar refractivity (Wildman–Crippen MR) is 131 cm³/mol. The van der Waals surface area contributed by atoms with Gasteiger partial charge in [0.1, 0.15) is 5.57 Å². The number of esters is 1. The molecule has 1 heterocycles. The second kappa shape index (κ2) is 10.3. The molecule has 0 radical (unpaired) electrons. The van der Waals surface area contributed by atoms with Crippen LogP contribution in [0.4, 0.5) is 11.4 Å². The first-order valence-corrected chi connectivity index (χ1v) is 10.6. The van der Waals surface area contributed by atoms with Crippen molar-refractivity contribution in [2.45, 2.75) is 0 Å². The fraction of sp³-hybridized carbons (Fsp3) is 0.0385. The Hall–Kier alpha value is -5.25. The number of carbonyl (C=O) groups is 3. The Morgan fingerprint density at radius 1 is 0.972 bits per heavy atom. The van der Waals surface area contributed by atoms with Crippen molar-refractivity contribution >= 4 is 41.3 Å². The van der Waals surface area contributed by atoms with Crippen LogP contribution < -0.4 is 19.9 Å². The number of amides is 2. The van der Waals surface area contributed by atoms with Crippen LogP contribution in [0.2, 0.25) is 0 Å². The van der Waals surface area contributed by atoms with E-state index in [-0.39, 0.29) is 22.8 Å². The minimum Gasteiger partial charge on any atom is -0.493 e. The normalized spacial score (nSPS) is 14.2. The largest absolute Gasteiger partial charge is 0.493 e. The lowest BCUT2D eigenvalue weighted by atomic mass is 10.1. The number of para-hydroxylation sites is 1. The van der Waals surface area contributed by atoms with Gasteiger partial charge in [0.05, 0.1) is 17.7 Å². The zero-order valence-corrected chi connectivity index (χ0v) is 18.9. The van der Waals surface area contributed by atoms with Gasteiger partial charge in [0, 0.05) is 18.2 Å². The maximum absolute atomic E-state index is 12.8. The predicted octanol–water partition coefficient (Wildman–Crippen LogP) is 3.68. The van der Waals surface area contributed by atoms with Gasteiger partial charge in [-0.2, -0.15) is 0 Å². The Kier molecular flexibility index (Phi) is 6.87. The summed E-state index contributed by atoms with van der Waals surface area (Å²) in [5.41, 5.74) is 4.01. The number of nitro groups is 1. The molecule has 4 rings (SSSR count). The molecular weight excluding hydrogens is 466 g/mol. The molecule has 180 valence electrons. The quantitative estimate of drug-likeness (QED) is 0.135. The fourth-order valence-corrected chi connectivity index (χ4v) is 3.36. The highest BCUT2D eigenvalue weighted by Crippen LogP contribution is 2.30. The SMILES string of the molecule is COc1cc(/C=C2/C(=O)NN(c3ccccc3)C2=O)ccc1OC(=O)/C=C/c1ccc([N+](=O)[O-])cc1. The van der Waals surface area contributed by atoms with Gasteiger partial charge in [-0.1, -0.05) is 24.3 Å². The van der Waals surface area contributed by atoms with Crippen molar-refractivity contribution in [1.82, 2.24) is 5.43 Å². The topological polar surface area (TPSA) is 128 Å². The van der Waals surface area contributed by atoms with Gasteiger partial charge in [-0.15, -0.1) is 0 Å². The smallest absolute Gasteiger partial charge is 0.336 e. The van der Waals surface area contributed by atoms with Crippen LogP contribution >= 0.6 is 0 Å². The van der Waals surface area contributed by atoms with E-state index in [9.17, 15) is 24.5 Å². The lowest BCUT2D eigenvalue weighted by Gasteiger charge is -2.13. The molecule has 3 aromatic carbocycles. The van der Waals surface area contributed by atoms with Crippen LogP contribution in [0, 0.1) is 10.1 Å². The molecule has 10 nitrogen and oxygen atoms in total. The van der Waals surface area contributed by atoms with Crippen LogP contribution in [0.5, 0.6) is 11.5 Å². The minimum absolute atomic E-state index is 0.0564. The van der Waals surface area contributed by atoms with Gasteiger partial charge in [0.2, 0.25) is 0 Å². The van der Waals surface area contributed by atoms with Crippen LogP contribution in [0.3, 0.4) is 0 Å². The number of hydrogen-bond donors (Lipinski definition) is 1. The molecule has 1 saturated heterocycles. The Bertz CT molecular complexity index is 1400. The number of nitro benzene ring substituents is 1. The molecule has 36 heavy (non-hydrogen) atoms. The first-order valence-electron chi connectivity index (χ1n) is 10.6. The molecule has 1 aliphatic rings. The molecule has 1 aliphatic heterocycles. The summed E-state index contributed by atoms with van der Waals surface area (Å²) < 4.78 is 10.6. The highest BCUT2D eigenvalue weighted by atomic mass is 16.6. The number of hydrogen-bond acceptors (Lipinski definition) is 7. The summed E-state index contributed by atoms with van der Waals surface area (Å²) in [4.78, 5) is 47.6. The van der Waals surface area contributed by atoms with Crippen molar-refractivity contribution in [3.8, 4) is 11.5 Å². The Morgan fingerprint density at radius 3 is 2.33 bits per heavy atom. The number of anilines is 1. The number of methoxy groups -OCH3 is 1. The average Bonchev–Trinajstić information content (AvgIpc) is 3.17. The summed E-state index contributed by atoms with van der Waals surface area (Å²) in [6, 6.07) is 19.0. The lowest BCUT2D eigenvalue weighted by Crippen LogP contribution is -2.35. The molecule has 1 fully saturated rings. The van der Waals surface area contributed by atoms with Crippen molar-refractivity contribution in [3.63, 3.8) is 0 Å². The fourth-order valence-electron chi connectivity index (χ4n) is 3.36. The van der Waals surface area contributed by atoms with E-state index in [4.69, 9.17) is 9.47 Å². The van der Waals surface area contributed by atoms with Crippen LogP contribution in [0.1, 0.15) is 11.1 Å². The van der Waals surface area contributed by atoms with Gasteiger partial charge in [-0.05, 0) is 59.7 Å². The minimum atomic E-state index is -0.693. The van der Waals surface area contributed by atoms with Gasteiger partial charge < -0.3 is 9.47 Å². The molecule has 0 saturated carbocycles. The number of carbonyl (C=O) groups excluding carboxylic acids is 3. The molecule has 0 atom stereocenters. The summed E-state index contributed by atoms with van der Waals surface area (Å²) >= 11 is 0. The van der Waals surface area contributed by atoms with Crippen molar-refractivity contribution < 1.29 is 28.8 Å². The highest BCUT2D eigenvalue weighted by molar-refractivity contribution is 6.31. The molecule has 0 bridgehead atoms. The van der Waals surface area contributed by atoms with Crippen LogP contribution in [0.25, 0.3) is 12.2 Å². The maximum Gasteiger partial charge on any atom is 0.336 e. The van der Waals surface area contributed by atoms with Crippen LogP contribution in [0.15, 0.2) is 84.4 Å². The van der Waals surface area contributed by atoms with Gasteiger partial charge in [-0.3, -0.25) is 25.1 Å². The van der Waals surface area contributed by atoms with Crippen LogP contribution in [-0.2, 0) is 14.4 Å². The second-order valence-corrected chi connectivity index (χ2v) is 7.49. The van der Waals surface area contributed by atoms with E-state index >= 15 is 0 Å². The number of nitrogens with zero attached hydrogens (tertiary/aromatic N) is 2. The van der Waals surface area contributed by atoms with E-state index in [0.717, 1.165) is 0 Å². The zero-order valence-electron chi connectivity index (χ0n) is 18.9. The van der Waals surface area contributed by atoms with E-state index in [2.05, 4.69) is 5.43 Å². The maximum atomic E-state index is 12.8. The third-order valence-corrected chi connectivity index (χ3v) is 5.13. The van der Waals surface area contributed by atoms with Gasteiger partial charge in [-0.25, -0.2) is 9.80 Å².